The lowest BCUT2D eigenvalue weighted by Gasteiger charge is -2.09. The van der Waals surface area contributed by atoms with Crippen LogP contribution in [0.2, 0.25) is 0 Å². The fraction of sp³-hybridized carbons (Fsp3) is 0.200. The van der Waals surface area contributed by atoms with Gasteiger partial charge < -0.3 is 5.32 Å². The molecule has 8 heteroatoms. The Morgan fingerprint density at radius 1 is 1.30 bits per heavy atom. The Kier molecular flexibility index (Phi) is 4.50. The van der Waals surface area contributed by atoms with Gasteiger partial charge in [-0.3, -0.25) is 9.59 Å². The molecule has 1 aromatic carbocycles. The van der Waals surface area contributed by atoms with Crippen LogP contribution in [0, 0.1) is 36.8 Å². The lowest BCUT2D eigenvalue weighted by atomic mass is 10.1. The van der Waals surface area contributed by atoms with E-state index in [4.69, 9.17) is 5.26 Å². The molecule has 1 amide bonds. The maximum Gasteiger partial charge on any atom is 0.285 e. The largest absolute Gasteiger partial charge is 0.324 e. The van der Waals surface area contributed by atoms with E-state index >= 15 is 0 Å². The van der Waals surface area contributed by atoms with E-state index < -0.39 is 29.6 Å². The summed E-state index contributed by atoms with van der Waals surface area (Å²) in [6, 6.07) is 4.33. The number of carbonyl (C=O) groups excluding carboxylic acids is 1. The van der Waals surface area contributed by atoms with Gasteiger partial charge in [0.1, 0.15) is 29.8 Å². The molecule has 23 heavy (non-hydrogen) atoms. The third kappa shape index (κ3) is 3.58. The lowest BCUT2D eigenvalue weighted by Crippen LogP contribution is -2.32. The Morgan fingerprint density at radius 2 is 1.91 bits per heavy atom. The monoisotopic (exact) mass is 318 g/mol. The summed E-state index contributed by atoms with van der Waals surface area (Å²) in [5.41, 5.74) is 0.00951. The second-order valence-electron chi connectivity index (χ2n) is 4.87. The summed E-state index contributed by atoms with van der Waals surface area (Å²) in [5.74, 6) is -2.38. The first-order valence-electron chi connectivity index (χ1n) is 6.56. The van der Waals surface area contributed by atoms with Crippen molar-refractivity contribution in [3.8, 4) is 6.07 Å². The number of nitrogens with zero attached hydrogens (tertiary/aromatic N) is 3. The first kappa shape index (κ1) is 16.3. The van der Waals surface area contributed by atoms with E-state index in [2.05, 4.69) is 10.4 Å². The van der Waals surface area contributed by atoms with E-state index in [0.717, 1.165) is 16.8 Å². The molecule has 0 saturated heterocycles. The number of rotatable bonds is 3. The third-order valence-electron chi connectivity index (χ3n) is 3.19. The molecule has 0 bridgehead atoms. The van der Waals surface area contributed by atoms with Crippen molar-refractivity contribution in [3.63, 3.8) is 0 Å². The molecule has 0 aliphatic carbocycles. The highest BCUT2D eigenvalue weighted by Gasteiger charge is 2.14. The summed E-state index contributed by atoms with van der Waals surface area (Å²) in [4.78, 5) is 24.0. The molecule has 0 aliphatic rings. The van der Waals surface area contributed by atoms with Crippen LogP contribution in [-0.2, 0) is 11.3 Å². The minimum atomic E-state index is -0.839. The maximum atomic E-state index is 13.1. The quantitative estimate of drug-likeness (QED) is 0.932. The second kappa shape index (κ2) is 6.36. The smallest absolute Gasteiger partial charge is 0.285 e. The molecule has 0 aliphatic heterocycles. The number of hydrogen-bond acceptors (Lipinski definition) is 4. The molecule has 0 saturated carbocycles. The number of carbonyl (C=O) groups is 1. The van der Waals surface area contributed by atoms with Crippen LogP contribution in [0.15, 0.2) is 23.0 Å². The van der Waals surface area contributed by atoms with Crippen LogP contribution in [0.25, 0.3) is 0 Å². The van der Waals surface area contributed by atoms with Crippen LogP contribution in [-0.4, -0.2) is 15.7 Å². The molecule has 2 rings (SSSR count). The van der Waals surface area contributed by atoms with E-state index in [1.807, 2.05) is 0 Å². The molecule has 2 aromatic rings. The van der Waals surface area contributed by atoms with Gasteiger partial charge in [0.25, 0.3) is 5.56 Å². The Morgan fingerprint density at radius 3 is 2.48 bits per heavy atom. The summed E-state index contributed by atoms with van der Waals surface area (Å²) in [6.45, 7) is 2.71. The Bertz CT molecular complexity index is 864. The van der Waals surface area contributed by atoms with Gasteiger partial charge in [-0.15, -0.1) is 0 Å². The molecule has 0 spiro atoms. The van der Waals surface area contributed by atoms with E-state index in [1.54, 1.807) is 19.9 Å². The van der Waals surface area contributed by atoms with Crippen molar-refractivity contribution in [2.45, 2.75) is 20.4 Å². The first-order chi connectivity index (χ1) is 10.8. The topological polar surface area (TPSA) is 87.8 Å². The summed E-state index contributed by atoms with van der Waals surface area (Å²) in [7, 11) is 0. The molecule has 1 N–H and O–H groups in total. The minimum Gasteiger partial charge on any atom is -0.324 e. The van der Waals surface area contributed by atoms with Crippen molar-refractivity contribution in [2.75, 3.05) is 5.32 Å². The van der Waals surface area contributed by atoms with Crippen molar-refractivity contribution in [2.24, 2.45) is 0 Å². The molecular formula is C15H12F2N4O2. The van der Waals surface area contributed by atoms with Crippen molar-refractivity contribution in [1.82, 2.24) is 9.78 Å². The van der Waals surface area contributed by atoms with Gasteiger partial charge in [0.15, 0.2) is 0 Å². The summed E-state index contributed by atoms with van der Waals surface area (Å²) in [5, 5.41) is 15.2. The number of nitriles is 1. The fourth-order valence-corrected chi connectivity index (χ4v) is 1.97. The highest BCUT2D eigenvalue weighted by atomic mass is 19.1. The predicted octanol–water partition coefficient (Wildman–Crippen LogP) is 1.65. The number of halogens is 2. The number of aryl methyl sites for hydroxylation is 1. The molecule has 0 unspecified atom stereocenters. The fourth-order valence-electron chi connectivity index (χ4n) is 1.97. The molecule has 0 atom stereocenters. The molecule has 1 aromatic heterocycles. The summed E-state index contributed by atoms with van der Waals surface area (Å²) < 4.78 is 27.0. The van der Waals surface area contributed by atoms with Crippen molar-refractivity contribution >= 4 is 11.6 Å². The molecule has 0 radical (unpaired) electrons. The van der Waals surface area contributed by atoms with Crippen LogP contribution < -0.4 is 10.9 Å². The van der Waals surface area contributed by atoms with Crippen LogP contribution in [0.3, 0.4) is 0 Å². The number of nitrogens with one attached hydrogen (secondary N) is 1. The van der Waals surface area contributed by atoms with E-state index in [-0.39, 0.29) is 11.3 Å². The number of benzene rings is 1. The zero-order chi connectivity index (χ0) is 17.1. The van der Waals surface area contributed by atoms with Gasteiger partial charge in [0.2, 0.25) is 5.91 Å². The van der Waals surface area contributed by atoms with E-state index in [9.17, 15) is 18.4 Å². The molecular weight excluding hydrogens is 306 g/mol. The predicted molar refractivity (Wildman–Crippen MR) is 77.7 cm³/mol. The van der Waals surface area contributed by atoms with Gasteiger partial charge in [0, 0.05) is 11.8 Å². The number of aromatic nitrogens is 2. The lowest BCUT2D eigenvalue weighted by molar-refractivity contribution is -0.117. The number of hydrogen-bond donors (Lipinski definition) is 1. The normalized spacial score (nSPS) is 10.2. The molecule has 118 valence electrons. The molecule has 1 heterocycles. The van der Waals surface area contributed by atoms with Gasteiger partial charge in [-0.05, 0) is 31.5 Å². The molecule has 0 fully saturated rings. The van der Waals surface area contributed by atoms with Gasteiger partial charge >= 0.3 is 0 Å². The number of anilines is 1. The zero-order valence-corrected chi connectivity index (χ0v) is 12.4. The number of amides is 1. The summed E-state index contributed by atoms with van der Waals surface area (Å²) >= 11 is 0. The average molecular weight is 318 g/mol. The zero-order valence-electron chi connectivity index (χ0n) is 12.4. The van der Waals surface area contributed by atoms with Crippen molar-refractivity contribution in [1.29, 1.82) is 5.26 Å². The second-order valence-corrected chi connectivity index (χ2v) is 4.87. The standard InChI is InChI=1S/C15H12F2N4O2/c1-8-9(2)20-21(15(23)13(8)6-18)7-14(22)19-12-4-10(16)3-11(17)5-12/h3-5H,7H2,1-2H3,(H,19,22). The van der Waals surface area contributed by atoms with Gasteiger partial charge in [0.05, 0.1) is 5.69 Å². The SMILES string of the molecule is Cc1nn(CC(=O)Nc2cc(F)cc(F)c2)c(=O)c(C#N)c1C. The van der Waals surface area contributed by atoms with Crippen LogP contribution >= 0.6 is 0 Å². The Labute approximate surface area is 130 Å². The van der Waals surface area contributed by atoms with Crippen molar-refractivity contribution < 1.29 is 13.6 Å². The highest BCUT2D eigenvalue weighted by molar-refractivity contribution is 5.90. The minimum absolute atomic E-state index is 0.0788. The van der Waals surface area contributed by atoms with Crippen LogP contribution in [0.1, 0.15) is 16.8 Å². The van der Waals surface area contributed by atoms with E-state index in [1.165, 1.54) is 0 Å². The molecule has 6 nitrogen and oxygen atoms in total. The van der Waals surface area contributed by atoms with Crippen LogP contribution in [0.4, 0.5) is 14.5 Å². The average Bonchev–Trinajstić information content (AvgIpc) is 2.44. The first-order valence-corrected chi connectivity index (χ1v) is 6.56. The summed E-state index contributed by atoms with van der Waals surface area (Å²) in [6.07, 6.45) is 0. The van der Waals surface area contributed by atoms with Gasteiger partial charge in [-0.1, -0.05) is 0 Å². The van der Waals surface area contributed by atoms with E-state index in [0.29, 0.717) is 17.3 Å². The van der Waals surface area contributed by atoms with Crippen LogP contribution in [0.5, 0.6) is 0 Å². The van der Waals surface area contributed by atoms with Crippen molar-refractivity contribution in [3.05, 3.63) is 57.0 Å². The maximum absolute atomic E-state index is 13.1. The Hall–Kier alpha value is -3.08. The van der Waals surface area contributed by atoms with Gasteiger partial charge in [-0.2, -0.15) is 10.4 Å². The highest BCUT2D eigenvalue weighted by Crippen LogP contribution is 2.13. The van der Waals surface area contributed by atoms with Gasteiger partial charge in [-0.25, -0.2) is 13.5 Å². The Balaban J connectivity index is 2.26. The third-order valence-corrected chi connectivity index (χ3v) is 3.19.